The minimum Gasteiger partial charge on any atom is -0.310 e. The lowest BCUT2D eigenvalue weighted by Crippen LogP contribution is -2.29. The Labute approximate surface area is 412 Å². The first-order valence-electron chi connectivity index (χ1n) is 25.5. The molecule has 0 amide bonds. The van der Waals surface area contributed by atoms with Gasteiger partial charge in [0.15, 0.2) is 0 Å². The SMILES string of the molecule is CC1(C)c2ccccc2-c2ccc(N(c3cccc(-c4cccc5cccc(-c6ccccc6)c45)c3)c3ccc4c(c3)C(c3ccccc3)(c3ccccc3)c3cc(C56CCC(CC5)C6)ccc3-4)cc21. The highest BCUT2D eigenvalue weighted by molar-refractivity contribution is 6.07. The van der Waals surface area contributed by atoms with Gasteiger partial charge in [0.2, 0.25) is 0 Å². The summed E-state index contributed by atoms with van der Waals surface area (Å²) in [6.07, 6.45) is 6.66. The minimum atomic E-state index is -0.529. The van der Waals surface area contributed by atoms with Crippen LogP contribution in [0.25, 0.3) is 55.3 Å². The Morgan fingerprint density at radius 2 is 0.871 bits per heavy atom. The van der Waals surface area contributed by atoms with Gasteiger partial charge in [-0.05, 0) is 174 Å². The van der Waals surface area contributed by atoms with E-state index in [-0.39, 0.29) is 10.8 Å². The van der Waals surface area contributed by atoms with E-state index in [0.29, 0.717) is 0 Å². The van der Waals surface area contributed by atoms with Crippen molar-refractivity contribution in [1.82, 2.24) is 0 Å². The molecule has 0 unspecified atom stereocenters. The van der Waals surface area contributed by atoms with E-state index < -0.39 is 5.41 Å². The van der Waals surface area contributed by atoms with Crippen LogP contribution in [0, 0.1) is 5.92 Å². The maximum absolute atomic E-state index is 2.66. The highest BCUT2D eigenvalue weighted by atomic mass is 15.1. The summed E-state index contributed by atoms with van der Waals surface area (Å²) in [5.74, 6) is 0.871. The molecule has 4 aliphatic rings. The van der Waals surface area contributed by atoms with Crippen molar-refractivity contribution in [2.75, 3.05) is 4.90 Å². The first-order valence-corrected chi connectivity index (χ1v) is 25.5. The summed E-state index contributed by atoms with van der Waals surface area (Å²) in [6.45, 7) is 4.78. The van der Waals surface area contributed by atoms with Crippen LogP contribution in [-0.2, 0) is 16.2 Å². The van der Waals surface area contributed by atoms with Gasteiger partial charge in [-0.3, -0.25) is 0 Å². The van der Waals surface area contributed by atoms with Crippen molar-refractivity contribution in [1.29, 1.82) is 0 Å². The summed E-state index contributed by atoms with van der Waals surface area (Å²) >= 11 is 0. The quantitative estimate of drug-likeness (QED) is 0.147. The van der Waals surface area contributed by atoms with Crippen molar-refractivity contribution in [3.63, 3.8) is 0 Å². The van der Waals surface area contributed by atoms with Crippen LogP contribution in [-0.4, -0.2) is 0 Å². The molecule has 0 aliphatic heterocycles. The molecule has 0 radical (unpaired) electrons. The van der Waals surface area contributed by atoms with Gasteiger partial charge in [-0.25, -0.2) is 0 Å². The van der Waals surface area contributed by atoms with Gasteiger partial charge in [-0.1, -0.05) is 208 Å². The van der Waals surface area contributed by atoms with Crippen molar-refractivity contribution < 1.29 is 0 Å². The fourth-order valence-electron chi connectivity index (χ4n) is 14.1. The third-order valence-electron chi connectivity index (χ3n) is 17.4. The first-order chi connectivity index (χ1) is 34.4. The van der Waals surface area contributed by atoms with Crippen LogP contribution in [0.5, 0.6) is 0 Å². The Balaban J connectivity index is 1.01. The summed E-state index contributed by atoms with van der Waals surface area (Å²) in [5.41, 5.74) is 22.9. The van der Waals surface area contributed by atoms with Gasteiger partial charge in [0, 0.05) is 22.5 Å². The molecule has 1 nitrogen and oxygen atoms in total. The van der Waals surface area contributed by atoms with Crippen molar-refractivity contribution in [2.45, 2.75) is 62.2 Å². The molecule has 2 fully saturated rings. The van der Waals surface area contributed by atoms with Crippen molar-refractivity contribution >= 4 is 27.8 Å². The molecule has 2 saturated carbocycles. The van der Waals surface area contributed by atoms with E-state index in [0.717, 1.165) is 23.0 Å². The normalized spacial score (nSPS) is 18.6. The maximum atomic E-state index is 2.66. The monoisotopic (exact) mass is 897 g/mol. The Kier molecular flexibility index (Phi) is 9.22. The second-order valence-corrected chi connectivity index (χ2v) is 21.3. The lowest BCUT2D eigenvalue weighted by molar-refractivity contribution is 0.418. The largest absolute Gasteiger partial charge is 0.310 e. The van der Waals surface area contributed by atoms with Crippen LogP contribution in [0.4, 0.5) is 17.1 Å². The molecule has 0 heterocycles. The standard InChI is InChI=1S/C69H55N/c1-67(2)62-30-13-12-27-58(62)59-35-32-54(43-63(59)67)70(53-26-14-21-49(41-53)57-29-16-20-48-19-15-28-56(66(48)57)47-17-6-3-7-18-47)55-33-36-61-60-34-31-52(68-39-37-46(45-68)38-40-68)42-64(60)69(65(61)44-55,50-22-8-4-9-23-50)51-24-10-5-11-25-51/h3-36,41-44,46H,37-40,45H2,1-2H3. The van der Waals surface area contributed by atoms with Gasteiger partial charge in [-0.15, -0.1) is 0 Å². The minimum absolute atomic E-state index is 0.155. The molecule has 10 aromatic rings. The van der Waals surface area contributed by atoms with Crippen molar-refractivity contribution in [3.8, 4) is 44.5 Å². The number of rotatable bonds is 8. The fourth-order valence-corrected chi connectivity index (χ4v) is 14.1. The van der Waals surface area contributed by atoms with Crippen molar-refractivity contribution in [2.24, 2.45) is 5.92 Å². The molecule has 4 aliphatic carbocycles. The molecule has 336 valence electrons. The fraction of sp³-hybridized carbons (Fsp3) is 0.159. The van der Waals surface area contributed by atoms with E-state index in [1.54, 1.807) is 5.56 Å². The molecular formula is C69H55N. The molecule has 1 heteroatoms. The molecular weight excluding hydrogens is 843 g/mol. The van der Waals surface area contributed by atoms with E-state index in [1.165, 1.54) is 121 Å². The molecule has 0 N–H and O–H groups in total. The molecule has 14 rings (SSSR count). The van der Waals surface area contributed by atoms with Gasteiger partial charge < -0.3 is 4.90 Å². The summed E-state index contributed by atoms with van der Waals surface area (Å²) in [7, 11) is 0. The van der Waals surface area contributed by atoms with Gasteiger partial charge in [0.25, 0.3) is 0 Å². The molecule has 0 spiro atoms. The predicted octanol–water partition coefficient (Wildman–Crippen LogP) is 18.1. The lowest BCUT2D eigenvalue weighted by Gasteiger charge is -2.36. The summed E-state index contributed by atoms with van der Waals surface area (Å²) < 4.78 is 0. The number of benzene rings is 10. The van der Waals surface area contributed by atoms with Gasteiger partial charge >= 0.3 is 0 Å². The molecule has 2 bridgehead atoms. The van der Waals surface area contributed by atoms with Crippen LogP contribution < -0.4 is 4.90 Å². The molecule has 70 heavy (non-hydrogen) atoms. The maximum Gasteiger partial charge on any atom is 0.0714 e. The topological polar surface area (TPSA) is 3.24 Å². The number of hydrogen-bond acceptors (Lipinski definition) is 1. The highest BCUT2D eigenvalue weighted by Gasteiger charge is 2.50. The van der Waals surface area contributed by atoms with Crippen LogP contribution in [0.2, 0.25) is 0 Å². The average Bonchev–Trinajstić information content (AvgIpc) is 4.18. The number of anilines is 3. The van der Waals surface area contributed by atoms with Crippen molar-refractivity contribution in [3.05, 3.63) is 269 Å². The second-order valence-electron chi connectivity index (χ2n) is 21.3. The second kappa shape index (κ2) is 15.6. The van der Waals surface area contributed by atoms with E-state index in [4.69, 9.17) is 0 Å². The zero-order valence-electron chi connectivity index (χ0n) is 40.0. The number of nitrogens with zero attached hydrogens (tertiary/aromatic N) is 1. The summed E-state index contributed by atoms with van der Waals surface area (Å²) in [5, 5.41) is 2.51. The molecule has 10 aromatic carbocycles. The van der Waals surface area contributed by atoms with Gasteiger partial charge in [0.05, 0.1) is 5.41 Å². The summed E-state index contributed by atoms with van der Waals surface area (Å²) in [4.78, 5) is 2.54. The zero-order chi connectivity index (χ0) is 46.6. The van der Waals surface area contributed by atoms with Crippen LogP contribution in [0.1, 0.15) is 84.9 Å². The van der Waals surface area contributed by atoms with Gasteiger partial charge in [0.1, 0.15) is 0 Å². The number of fused-ring (bicyclic) bond motifs is 9. The lowest BCUT2D eigenvalue weighted by atomic mass is 9.66. The third kappa shape index (κ3) is 6.03. The van der Waals surface area contributed by atoms with E-state index >= 15 is 0 Å². The number of hydrogen-bond donors (Lipinski definition) is 0. The Morgan fingerprint density at radius 3 is 1.53 bits per heavy atom. The van der Waals surface area contributed by atoms with Crippen LogP contribution in [0.15, 0.2) is 231 Å². The first kappa shape index (κ1) is 41.3. The Bertz CT molecular complexity index is 3620. The van der Waals surface area contributed by atoms with E-state index in [1.807, 2.05) is 0 Å². The predicted molar refractivity (Wildman–Crippen MR) is 293 cm³/mol. The Morgan fingerprint density at radius 1 is 0.371 bits per heavy atom. The third-order valence-corrected chi connectivity index (χ3v) is 17.4. The highest BCUT2D eigenvalue weighted by Crippen LogP contribution is 2.61. The summed E-state index contributed by atoms with van der Waals surface area (Å²) in [6, 6.07) is 87.7. The van der Waals surface area contributed by atoms with E-state index in [2.05, 4.69) is 249 Å². The zero-order valence-corrected chi connectivity index (χ0v) is 40.0. The van der Waals surface area contributed by atoms with Gasteiger partial charge in [-0.2, -0.15) is 0 Å². The van der Waals surface area contributed by atoms with E-state index in [9.17, 15) is 0 Å². The average molecular weight is 898 g/mol. The molecule has 0 aromatic heterocycles. The van der Waals surface area contributed by atoms with Crippen LogP contribution >= 0.6 is 0 Å². The smallest absolute Gasteiger partial charge is 0.0714 e. The molecule has 0 saturated heterocycles. The Hall–Kier alpha value is -7.74. The van der Waals surface area contributed by atoms with Crippen LogP contribution in [0.3, 0.4) is 0 Å². The molecule has 0 atom stereocenters.